The Morgan fingerprint density at radius 2 is 1.83 bits per heavy atom. The summed E-state index contributed by atoms with van der Waals surface area (Å²) in [7, 11) is 0. The van der Waals surface area contributed by atoms with Gasteiger partial charge in [-0.15, -0.1) is 6.58 Å². The van der Waals surface area contributed by atoms with Crippen LogP contribution in [0.1, 0.15) is 26.7 Å². The molecule has 4 rings (SSSR count). The van der Waals surface area contributed by atoms with Crippen molar-refractivity contribution in [2.24, 2.45) is 5.73 Å². The van der Waals surface area contributed by atoms with Crippen LogP contribution in [0.2, 0.25) is 0 Å². The molecule has 1 aromatic heterocycles. The minimum Gasteiger partial charge on any atom is -0.364 e. The van der Waals surface area contributed by atoms with E-state index in [9.17, 15) is 9.59 Å². The molecule has 2 aromatic carbocycles. The van der Waals surface area contributed by atoms with Gasteiger partial charge >= 0.3 is 0 Å². The summed E-state index contributed by atoms with van der Waals surface area (Å²) in [5, 5.41) is 2.87. The van der Waals surface area contributed by atoms with E-state index in [0.717, 1.165) is 24.5 Å². The summed E-state index contributed by atoms with van der Waals surface area (Å²) in [6.07, 6.45) is 1.86. The van der Waals surface area contributed by atoms with Crippen molar-refractivity contribution < 1.29 is 9.59 Å². The van der Waals surface area contributed by atoms with Crippen LogP contribution in [-0.4, -0.2) is 39.4 Å². The molecular weight excluding hydrogens is 378 g/mol. The molecule has 152 valence electrons. The van der Waals surface area contributed by atoms with Gasteiger partial charge in [-0.25, -0.2) is 4.98 Å². The van der Waals surface area contributed by atoms with Crippen molar-refractivity contribution in [1.29, 1.82) is 0 Å². The fourth-order valence-electron chi connectivity index (χ4n) is 3.67. The van der Waals surface area contributed by atoms with E-state index in [1.54, 1.807) is 24.3 Å². The van der Waals surface area contributed by atoms with Crippen molar-refractivity contribution in [2.45, 2.75) is 13.1 Å². The number of carbonyl (C=O) groups is 2. The first-order chi connectivity index (χ1) is 14.6. The van der Waals surface area contributed by atoms with E-state index in [2.05, 4.69) is 16.8 Å². The van der Waals surface area contributed by atoms with Gasteiger partial charge in [0.25, 0.3) is 11.8 Å². The van der Waals surface area contributed by atoms with Crippen molar-refractivity contribution >= 4 is 17.5 Å². The van der Waals surface area contributed by atoms with Crippen LogP contribution in [0.15, 0.2) is 67.3 Å². The number of benzene rings is 2. The Kier molecular flexibility index (Phi) is 5.45. The molecule has 0 bridgehead atoms. The standard InChI is InChI=1S/C23H23N5O2/c1-2-12-27-13-14-28-19(15-27)26-20(21(28)22(24)29)16-8-10-18(11-9-16)25-23(30)17-6-4-3-5-7-17/h2-11H,1,12-15H2,(H2,24,29)(H,25,30). The summed E-state index contributed by atoms with van der Waals surface area (Å²) in [5.41, 5.74) is 8.70. The number of nitrogens with one attached hydrogen (secondary N) is 1. The first-order valence-electron chi connectivity index (χ1n) is 9.76. The highest BCUT2D eigenvalue weighted by molar-refractivity contribution is 6.04. The van der Waals surface area contributed by atoms with Gasteiger partial charge in [-0.1, -0.05) is 36.4 Å². The van der Waals surface area contributed by atoms with E-state index in [0.29, 0.717) is 35.7 Å². The first-order valence-corrected chi connectivity index (χ1v) is 9.76. The number of hydrogen-bond acceptors (Lipinski definition) is 4. The average Bonchev–Trinajstić information content (AvgIpc) is 3.14. The van der Waals surface area contributed by atoms with Gasteiger partial charge in [-0.05, 0) is 24.3 Å². The van der Waals surface area contributed by atoms with E-state index in [1.165, 1.54) is 0 Å². The molecule has 30 heavy (non-hydrogen) atoms. The Balaban J connectivity index is 1.59. The number of amides is 2. The van der Waals surface area contributed by atoms with Crippen molar-refractivity contribution in [3.8, 4) is 11.3 Å². The number of primary amides is 1. The van der Waals surface area contributed by atoms with Crippen LogP contribution in [0.4, 0.5) is 5.69 Å². The molecule has 3 N–H and O–H groups in total. The molecule has 0 spiro atoms. The van der Waals surface area contributed by atoms with Crippen molar-refractivity contribution in [3.05, 3.63) is 84.3 Å². The summed E-state index contributed by atoms with van der Waals surface area (Å²) in [5.74, 6) is 0.136. The molecule has 0 radical (unpaired) electrons. The van der Waals surface area contributed by atoms with Crippen molar-refractivity contribution in [2.75, 3.05) is 18.4 Å². The van der Waals surface area contributed by atoms with E-state index in [1.807, 2.05) is 41.0 Å². The maximum atomic E-state index is 12.3. The lowest BCUT2D eigenvalue weighted by molar-refractivity contribution is 0.0986. The molecule has 1 aliphatic rings. The van der Waals surface area contributed by atoms with Crippen LogP contribution >= 0.6 is 0 Å². The van der Waals surface area contributed by atoms with Gasteiger partial charge < -0.3 is 15.6 Å². The third-order valence-electron chi connectivity index (χ3n) is 5.12. The zero-order valence-electron chi connectivity index (χ0n) is 16.5. The summed E-state index contributed by atoms with van der Waals surface area (Å²) in [6.45, 7) is 6.65. The number of fused-ring (bicyclic) bond motifs is 1. The Hall–Kier alpha value is -3.71. The number of aromatic nitrogens is 2. The Morgan fingerprint density at radius 1 is 1.10 bits per heavy atom. The number of nitrogens with zero attached hydrogens (tertiary/aromatic N) is 3. The molecule has 2 heterocycles. The smallest absolute Gasteiger partial charge is 0.267 e. The number of hydrogen-bond donors (Lipinski definition) is 2. The number of carbonyl (C=O) groups excluding carboxylic acids is 2. The van der Waals surface area contributed by atoms with Crippen LogP contribution in [0.3, 0.4) is 0 Å². The summed E-state index contributed by atoms with van der Waals surface area (Å²) in [4.78, 5) is 31.4. The predicted octanol–water partition coefficient (Wildman–Crippen LogP) is 2.90. The highest BCUT2D eigenvalue weighted by Crippen LogP contribution is 2.28. The lowest BCUT2D eigenvalue weighted by Crippen LogP contribution is -2.35. The maximum Gasteiger partial charge on any atom is 0.267 e. The predicted molar refractivity (Wildman–Crippen MR) is 116 cm³/mol. The van der Waals surface area contributed by atoms with Gasteiger partial charge in [-0.3, -0.25) is 14.5 Å². The Morgan fingerprint density at radius 3 is 2.50 bits per heavy atom. The fourth-order valence-corrected chi connectivity index (χ4v) is 3.67. The average molecular weight is 401 g/mol. The number of anilines is 1. The monoisotopic (exact) mass is 401 g/mol. The van der Waals surface area contributed by atoms with Gasteiger partial charge in [0.1, 0.15) is 17.2 Å². The summed E-state index contributed by atoms with van der Waals surface area (Å²) >= 11 is 0. The molecular formula is C23H23N5O2. The number of imidazole rings is 1. The molecule has 0 fully saturated rings. The lowest BCUT2D eigenvalue weighted by atomic mass is 10.1. The number of nitrogens with two attached hydrogens (primary N) is 1. The zero-order chi connectivity index (χ0) is 21.1. The molecule has 7 heteroatoms. The highest BCUT2D eigenvalue weighted by atomic mass is 16.2. The topological polar surface area (TPSA) is 93.2 Å². The minimum absolute atomic E-state index is 0.180. The number of rotatable bonds is 6. The van der Waals surface area contributed by atoms with E-state index in [4.69, 9.17) is 10.7 Å². The molecule has 0 aliphatic carbocycles. The second-order valence-electron chi connectivity index (χ2n) is 7.16. The van der Waals surface area contributed by atoms with Crippen LogP contribution in [0.25, 0.3) is 11.3 Å². The Labute approximate surface area is 174 Å². The fraction of sp³-hybridized carbons (Fsp3) is 0.174. The lowest BCUT2D eigenvalue weighted by Gasteiger charge is -2.26. The van der Waals surface area contributed by atoms with Gasteiger partial charge in [-0.2, -0.15) is 0 Å². The molecule has 0 unspecified atom stereocenters. The van der Waals surface area contributed by atoms with E-state index >= 15 is 0 Å². The molecule has 3 aromatic rings. The van der Waals surface area contributed by atoms with E-state index in [-0.39, 0.29) is 5.91 Å². The second-order valence-corrected chi connectivity index (χ2v) is 7.16. The molecule has 1 aliphatic heterocycles. The third-order valence-corrected chi connectivity index (χ3v) is 5.12. The van der Waals surface area contributed by atoms with Gasteiger partial charge in [0.15, 0.2) is 0 Å². The quantitative estimate of drug-likeness (QED) is 0.621. The van der Waals surface area contributed by atoms with Crippen molar-refractivity contribution in [3.63, 3.8) is 0 Å². The molecule has 2 amide bonds. The maximum absolute atomic E-state index is 12.3. The van der Waals surface area contributed by atoms with Gasteiger partial charge in [0.05, 0.1) is 6.54 Å². The molecule has 7 nitrogen and oxygen atoms in total. The van der Waals surface area contributed by atoms with Gasteiger partial charge in [0.2, 0.25) is 0 Å². The highest BCUT2D eigenvalue weighted by Gasteiger charge is 2.26. The van der Waals surface area contributed by atoms with Gasteiger partial charge in [0, 0.05) is 36.4 Å². The normalized spacial score (nSPS) is 13.5. The minimum atomic E-state index is -0.498. The molecule has 0 saturated heterocycles. The largest absolute Gasteiger partial charge is 0.364 e. The molecule has 0 saturated carbocycles. The third kappa shape index (κ3) is 3.88. The SMILES string of the molecule is C=CCN1CCn2c(nc(-c3ccc(NC(=O)c4ccccc4)cc3)c2C(N)=O)C1. The summed E-state index contributed by atoms with van der Waals surface area (Å²) in [6, 6.07) is 16.3. The Bertz CT molecular complexity index is 1090. The molecule has 0 atom stereocenters. The zero-order valence-corrected chi connectivity index (χ0v) is 16.5. The van der Waals surface area contributed by atoms with E-state index < -0.39 is 5.91 Å². The van der Waals surface area contributed by atoms with Crippen LogP contribution in [-0.2, 0) is 13.1 Å². The van der Waals surface area contributed by atoms with Crippen molar-refractivity contribution in [1.82, 2.24) is 14.5 Å². The summed E-state index contributed by atoms with van der Waals surface area (Å²) < 4.78 is 1.91. The second kappa shape index (κ2) is 8.34. The van der Waals surface area contributed by atoms with Crippen LogP contribution < -0.4 is 11.1 Å². The van der Waals surface area contributed by atoms with Crippen LogP contribution in [0, 0.1) is 0 Å². The van der Waals surface area contributed by atoms with Crippen LogP contribution in [0.5, 0.6) is 0 Å². The first kappa shape index (κ1) is 19.6.